The first-order valence-corrected chi connectivity index (χ1v) is 10.8. The van der Waals surface area contributed by atoms with Gasteiger partial charge in [-0.2, -0.15) is 5.10 Å². The Morgan fingerprint density at radius 3 is 2.58 bits per heavy atom. The molecule has 8 heteroatoms. The second kappa shape index (κ2) is 8.83. The van der Waals surface area contributed by atoms with Gasteiger partial charge in [-0.25, -0.2) is 9.97 Å². The summed E-state index contributed by atoms with van der Waals surface area (Å²) in [6.45, 7) is 7.40. The normalized spacial score (nSPS) is 14.8. The fourth-order valence-corrected chi connectivity index (χ4v) is 4.09. The number of hydrogen-bond acceptors (Lipinski definition) is 6. The first kappa shape index (κ1) is 21.0. The Morgan fingerprint density at radius 1 is 1.19 bits per heavy atom. The number of piperidine rings is 1. The van der Waals surface area contributed by atoms with Crippen LogP contribution in [0.25, 0.3) is 11.3 Å². The molecule has 0 atom stereocenters. The molecule has 4 rings (SSSR count). The molecule has 3 aromatic heterocycles. The van der Waals surface area contributed by atoms with Crippen LogP contribution in [0.4, 0.5) is 5.95 Å². The molecule has 31 heavy (non-hydrogen) atoms. The predicted molar refractivity (Wildman–Crippen MR) is 120 cm³/mol. The summed E-state index contributed by atoms with van der Waals surface area (Å²) in [6.07, 6.45) is 7.16. The fraction of sp³-hybridized carbons (Fsp3) is 0.435. The Labute approximate surface area is 182 Å². The molecular weight excluding hydrogens is 390 g/mol. The monoisotopic (exact) mass is 419 g/mol. The van der Waals surface area contributed by atoms with Gasteiger partial charge in [0.25, 0.3) is 5.91 Å². The van der Waals surface area contributed by atoms with Crippen LogP contribution in [-0.2, 0) is 7.05 Å². The van der Waals surface area contributed by atoms with E-state index in [0.29, 0.717) is 24.6 Å². The molecule has 1 N–H and O–H groups in total. The SMILES string of the molecule is Cc1nn(C)cc1C(=O)N1CCC(c2nc(NC(C)C)ncc2-c2ccccn2)CC1. The highest BCUT2D eigenvalue weighted by Gasteiger charge is 2.29. The minimum absolute atomic E-state index is 0.0545. The number of aromatic nitrogens is 5. The summed E-state index contributed by atoms with van der Waals surface area (Å²) < 4.78 is 1.69. The van der Waals surface area contributed by atoms with Gasteiger partial charge < -0.3 is 10.2 Å². The Bertz CT molecular complexity index is 1050. The standard InChI is InChI=1S/C23H29N7O/c1-15(2)26-23-25-13-18(20-7-5-6-10-24-20)21(27-23)17-8-11-30(12-9-17)22(31)19-14-29(4)28-16(19)3/h5-7,10,13-15,17H,8-9,11-12H2,1-4H3,(H,25,26,27). The molecule has 0 aliphatic carbocycles. The third kappa shape index (κ3) is 4.57. The summed E-state index contributed by atoms with van der Waals surface area (Å²) in [5.74, 6) is 0.930. The van der Waals surface area contributed by atoms with Crippen molar-refractivity contribution in [2.75, 3.05) is 18.4 Å². The summed E-state index contributed by atoms with van der Waals surface area (Å²) in [7, 11) is 1.84. The van der Waals surface area contributed by atoms with Crippen molar-refractivity contribution in [1.82, 2.24) is 29.6 Å². The van der Waals surface area contributed by atoms with Crippen LogP contribution in [0.15, 0.2) is 36.8 Å². The highest BCUT2D eigenvalue weighted by atomic mass is 16.2. The molecule has 0 spiro atoms. The molecular formula is C23H29N7O. The molecule has 4 heterocycles. The van der Waals surface area contributed by atoms with Gasteiger partial charge in [-0.3, -0.25) is 14.5 Å². The average Bonchev–Trinajstić information content (AvgIpc) is 3.11. The molecule has 3 aromatic rings. The van der Waals surface area contributed by atoms with Crippen molar-refractivity contribution in [1.29, 1.82) is 0 Å². The van der Waals surface area contributed by atoms with E-state index in [0.717, 1.165) is 35.5 Å². The van der Waals surface area contributed by atoms with E-state index < -0.39 is 0 Å². The first-order chi connectivity index (χ1) is 14.9. The molecule has 1 saturated heterocycles. The molecule has 1 amide bonds. The molecule has 0 saturated carbocycles. The molecule has 0 unspecified atom stereocenters. The van der Waals surface area contributed by atoms with E-state index in [-0.39, 0.29) is 17.9 Å². The Morgan fingerprint density at radius 2 is 1.97 bits per heavy atom. The van der Waals surface area contributed by atoms with Gasteiger partial charge in [0, 0.05) is 56.3 Å². The summed E-state index contributed by atoms with van der Waals surface area (Å²) in [6, 6.07) is 6.12. The maximum Gasteiger partial charge on any atom is 0.257 e. The van der Waals surface area contributed by atoms with E-state index in [9.17, 15) is 4.79 Å². The third-order valence-electron chi connectivity index (χ3n) is 5.59. The Balaban J connectivity index is 1.56. The lowest BCUT2D eigenvalue weighted by Crippen LogP contribution is -2.38. The summed E-state index contributed by atoms with van der Waals surface area (Å²) in [5.41, 5.74) is 4.29. The number of aryl methyl sites for hydroxylation is 2. The lowest BCUT2D eigenvalue weighted by molar-refractivity contribution is 0.0711. The zero-order chi connectivity index (χ0) is 22.0. The number of anilines is 1. The van der Waals surface area contributed by atoms with Crippen molar-refractivity contribution < 1.29 is 4.79 Å². The zero-order valence-electron chi connectivity index (χ0n) is 18.5. The summed E-state index contributed by atoms with van der Waals surface area (Å²) in [4.78, 5) is 28.8. The molecule has 1 fully saturated rings. The lowest BCUT2D eigenvalue weighted by Gasteiger charge is -2.32. The first-order valence-electron chi connectivity index (χ1n) is 10.8. The molecule has 1 aliphatic rings. The van der Waals surface area contributed by atoms with Gasteiger partial charge in [-0.15, -0.1) is 0 Å². The van der Waals surface area contributed by atoms with Crippen molar-refractivity contribution in [3.05, 3.63) is 53.7 Å². The summed E-state index contributed by atoms with van der Waals surface area (Å²) in [5, 5.41) is 7.61. The van der Waals surface area contributed by atoms with Crippen molar-refractivity contribution in [3.63, 3.8) is 0 Å². The van der Waals surface area contributed by atoms with Crippen molar-refractivity contribution in [2.45, 2.75) is 45.6 Å². The average molecular weight is 420 g/mol. The molecule has 0 aromatic carbocycles. The van der Waals surface area contributed by atoms with Crippen molar-refractivity contribution in [2.24, 2.45) is 7.05 Å². The van der Waals surface area contributed by atoms with Crippen LogP contribution >= 0.6 is 0 Å². The van der Waals surface area contributed by atoms with Crippen LogP contribution < -0.4 is 5.32 Å². The van der Waals surface area contributed by atoms with Crippen LogP contribution in [0.3, 0.4) is 0 Å². The Kier molecular flexibility index (Phi) is 5.97. The van der Waals surface area contributed by atoms with Gasteiger partial charge >= 0.3 is 0 Å². The van der Waals surface area contributed by atoms with Gasteiger partial charge in [-0.1, -0.05) is 6.07 Å². The number of carbonyl (C=O) groups excluding carboxylic acids is 1. The largest absolute Gasteiger partial charge is 0.352 e. The highest BCUT2D eigenvalue weighted by Crippen LogP contribution is 2.34. The van der Waals surface area contributed by atoms with E-state index in [1.807, 2.05) is 43.3 Å². The maximum atomic E-state index is 13.0. The number of rotatable bonds is 5. The van der Waals surface area contributed by atoms with E-state index in [1.165, 1.54) is 0 Å². The van der Waals surface area contributed by atoms with Gasteiger partial charge in [0.05, 0.1) is 22.6 Å². The number of nitrogens with zero attached hydrogens (tertiary/aromatic N) is 6. The number of amides is 1. The van der Waals surface area contributed by atoms with Crippen LogP contribution in [0.2, 0.25) is 0 Å². The summed E-state index contributed by atoms with van der Waals surface area (Å²) >= 11 is 0. The predicted octanol–water partition coefficient (Wildman–Crippen LogP) is 3.42. The number of carbonyl (C=O) groups is 1. The smallest absolute Gasteiger partial charge is 0.257 e. The number of likely N-dealkylation sites (tertiary alicyclic amines) is 1. The van der Waals surface area contributed by atoms with Crippen LogP contribution in [-0.4, -0.2) is 54.7 Å². The topological polar surface area (TPSA) is 88.8 Å². The van der Waals surface area contributed by atoms with Crippen molar-refractivity contribution in [3.8, 4) is 11.3 Å². The van der Waals surface area contributed by atoms with E-state index in [1.54, 1.807) is 17.1 Å². The van der Waals surface area contributed by atoms with Crippen molar-refractivity contribution >= 4 is 11.9 Å². The Hall–Kier alpha value is -3.29. The molecule has 0 bridgehead atoms. The van der Waals surface area contributed by atoms with E-state index in [2.05, 4.69) is 34.2 Å². The minimum Gasteiger partial charge on any atom is -0.352 e. The van der Waals surface area contributed by atoms with Crippen LogP contribution in [0.1, 0.15) is 54.4 Å². The van der Waals surface area contributed by atoms with E-state index in [4.69, 9.17) is 4.98 Å². The third-order valence-corrected chi connectivity index (χ3v) is 5.59. The second-order valence-electron chi connectivity index (χ2n) is 8.37. The molecule has 1 aliphatic heterocycles. The second-order valence-corrected chi connectivity index (χ2v) is 8.37. The van der Waals surface area contributed by atoms with Gasteiger partial charge in [0.1, 0.15) is 0 Å². The van der Waals surface area contributed by atoms with Crippen LogP contribution in [0.5, 0.6) is 0 Å². The molecule has 0 radical (unpaired) electrons. The van der Waals surface area contributed by atoms with Crippen LogP contribution in [0, 0.1) is 6.92 Å². The number of pyridine rings is 1. The number of nitrogens with one attached hydrogen (secondary N) is 1. The fourth-order valence-electron chi connectivity index (χ4n) is 4.09. The van der Waals surface area contributed by atoms with Gasteiger partial charge in [0.15, 0.2) is 0 Å². The molecule has 8 nitrogen and oxygen atoms in total. The maximum absolute atomic E-state index is 13.0. The van der Waals surface area contributed by atoms with Gasteiger partial charge in [0.2, 0.25) is 5.95 Å². The lowest BCUT2D eigenvalue weighted by atomic mass is 9.89. The van der Waals surface area contributed by atoms with Gasteiger partial charge in [-0.05, 0) is 45.7 Å². The van der Waals surface area contributed by atoms with E-state index >= 15 is 0 Å². The minimum atomic E-state index is 0.0545. The zero-order valence-corrected chi connectivity index (χ0v) is 18.5. The quantitative estimate of drug-likeness (QED) is 0.682. The highest BCUT2D eigenvalue weighted by molar-refractivity contribution is 5.95. The molecule has 162 valence electrons. The number of hydrogen-bond donors (Lipinski definition) is 1.